The molecule has 3 heterocycles. The van der Waals surface area contributed by atoms with Crippen LogP contribution in [0.3, 0.4) is 0 Å². The van der Waals surface area contributed by atoms with Crippen molar-refractivity contribution >= 4 is 63.4 Å². The molecule has 0 bridgehead atoms. The quantitative estimate of drug-likeness (QED) is 0.168. The topological polar surface area (TPSA) is 84.9 Å². The molecule has 8 aromatic rings. The van der Waals surface area contributed by atoms with Crippen LogP contribution in [0.4, 0.5) is 0 Å². The molecule has 0 saturated heterocycles. The van der Waals surface area contributed by atoms with E-state index in [2.05, 4.69) is 182 Å². The van der Waals surface area contributed by atoms with Crippen LogP contribution in [-0.2, 0) is 16.2 Å². The monoisotopic (exact) mass is 882 g/mol. The second kappa shape index (κ2) is 14.1. The molecule has 0 fully saturated rings. The Kier molecular flexibility index (Phi) is 9.46. The van der Waals surface area contributed by atoms with Gasteiger partial charge in [-0.05, 0) is 10.4 Å². The summed E-state index contributed by atoms with van der Waals surface area (Å²) in [6.07, 6.45) is 1.93. The number of aromatic hydroxyl groups is 1. The number of fused-ring (bicyclic) bond motifs is 3. The molecule has 1 N–H and O–H groups in total. The maximum atomic E-state index is 12.4. The standard InChI is InChI=1S/C53H56GeN4O2Si/c1-51(2,3)35-26-32(41-23-24-55-50(57-41)61(12,37-19-15-13-16-20-37)38-21-17-14-18-22-38)25-33(27-35)42-29-34-28-36(54(9,10)11)30-39-44(34)47(56-42)45-40(53(39,7)8)31-43-46(48(45)59)58-49(60-43)52(4,5)6/h13-31,59H,1-12H3. The van der Waals surface area contributed by atoms with Crippen molar-refractivity contribution in [2.24, 2.45) is 0 Å². The van der Waals surface area contributed by atoms with Crippen molar-refractivity contribution in [3.8, 4) is 39.5 Å². The molecule has 3 aromatic heterocycles. The molecule has 1 aliphatic rings. The normalized spacial score (nSPS) is 14.1. The number of phenols is 1. The van der Waals surface area contributed by atoms with E-state index < -0.39 is 26.8 Å². The van der Waals surface area contributed by atoms with Crippen LogP contribution in [0.25, 0.3) is 55.6 Å². The fourth-order valence-corrected chi connectivity index (χ4v) is 14.7. The van der Waals surface area contributed by atoms with E-state index in [1.165, 1.54) is 25.9 Å². The van der Waals surface area contributed by atoms with Crippen molar-refractivity contribution in [3.63, 3.8) is 0 Å². The first kappa shape index (κ1) is 41.0. The SMILES string of the molecule is CC(C)(C)c1cc(-c2ccnc([Si](C)(c3ccccc3)c3ccccc3)n2)cc(-c2cc3c[c]([Ge]([CH3])([CH3])[CH3])cc4c3c(n2)-c2c(cc3oc(C(C)(C)C)nc3c2O)C4(C)C)c1. The number of phenolic OH excluding ortho intramolecular Hbond substituents is 1. The van der Waals surface area contributed by atoms with Crippen molar-refractivity contribution in [2.45, 2.75) is 95.5 Å². The Hall–Kier alpha value is -5.38. The average Bonchev–Trinajstić information content (AvgIpc) is 3.68. The first-order valence-corrected chi connectivity index (χ1v) is 31.3. The van der Waals surface area contributed by atoms with Crippen LogP contribution in [0.5, 0.6) is 5.75 Å². The molecule has 5 aromatic carbocycles. The Morgan fingerprint density at radius 1 is 0.672 bits per heavy atom. The average molecular weight is 882 g/mol. The van der Waals surface area contributed by atoms with Gasteiger partial charge >= 0.3 is 288 Å². The molecule has 6 nitrogen and oxygen atoms in total. The first-order chi connectivity index (χ1) is 28.7. The summed E-state index contributed by atoms with van der Waals surface area (Å²) in [5.74, 6) is 8.08. The van der Waals surface area contributed by atoms with Gasteiger partial charge in [-0.1, -0.05) is 67.2 Å². The van der Waals surface area contributed by atoms with Crippen molar-refractivity contribution in [2.75, 3.05) is 0 Å². The van der Waals surface area contributed by atoms with E-state index in [4.69, 9.17) is 24.4 Å². The minimum atomic E-state index is -2.58. The Labute approximate surface area is 363 Å². The number of hydrogen-bond donors (Lipinski definition) is 1. The molecule has 0 spiro atoms. The molecule has 0 radical (unpaired) electrons. The molecule has 0 aliphatic heterocycles. The molecule has 308 valence electrons. The number of oxazole rings is 1. The van der Waals surface area contributed by atoms with Gasteiger partial charge in [-0.3, -0.25) is 0 Å². The molecule has 1 aliphatic carbocycles. The van der Waals surface area contributed by atoms with Crippen molar-refractivity contribution in [1.29, 1.82) is 0 Å². The molecule has 0 saturated carbocycles. The fraction of sp³-hybridized carbons (Fsp3) is 0.283. The van der Waals surface area contributed by atoms with E-state index in [-0.39, 0.29) is 16.6 Å². The third-order valence-electron chi connectivity index (χ3n) is 12.9. The van der Waals surface area contributed by atoms with E-state index >= 15 is 0 Å². The number of benzene rings is 5. The Balaban J connectivity index is 1.30. The van der Waals surface area contributed by atoms with Crippen molar-refractivity contribution in [3.05, 3.63) is 138 Å². The number of aromatic nitrogens is 4. The van der Waals surface area contributed by atoms with Crippen LogP contribution >= 0.6 is 0 Å². The molecule has 0 amide bonds. The zero-order valence-corrected chi connectivity index (χ0v) is 40.7. The summed E-state index contributed by atoms with van der Waals surface area (Å²) in [6, 6.07) is 39.6. The predicted molar refractivity (Wildman–Crippen MR) is 259 cm³/mol. The zero-order valence-electron chi connectivity index (χ0n) is 37.6. The van der Waals surface area contributed by atoms with Crippen LogP contribution < -0.4 is 20.2 Å². The number of nitrogens with zero attached hydrogens (tertiary/aromatic N) is 4. The van der Waals surface area contributed by atoms with Gasteiger partial charge in [0.05, 0.1) is 0 Å². The molecular formula is C53H56GeN4O2Si. The van der Waals surface area contributed by atoms with Gasteiger partial charge in [-0.2, -0.15) is 0 Å². The van der Waals surface area contributed by atoms with Crippen LogP contribution in [0.2, 0.25) is 23.8 Å². The number of pyridine rings is 1. The Morgan fingerprint density at radius 3 is 1.89 bits per heavy atom. The third-order valence-corrected chi connectivity index (χ3v) is 21.2. The Bertz CT molecular complexity index is 2990. The molecule has 9 rings (SSSR count). The van der Waals surface area contributed by atoms with Gasteiger partial charge in [0.2, 0.25) is 0 Å². The van der Waals surface area contributed by atoms with Crippen LogP contribution in [-0.4, -0.2) is 46.4 Å². The van der Waals surface area contributed by atoms with E-state index in [9.17, 15) is 5.11 Å². The second-order valence-corrected chi connectivity index (χ2v) is 35.3. The summed E-state index contributed by atoms with van der Waals surface area (Å²) in [4.78, 5) is 21.0. The van der Waals surface area contributed by atoms with Gasteiger partial charge in [-0.25, -0.2) is 0 Å². The molecule has 0 atom stereocenters. The minimum absolute atomic E-state index is 0.121. The molecule has 8 heteroatoms. The van der Waals surface area contributed by atoms with Gasteiger partial charge in [-0.15, -0.1) is 0 Å². The second-order valence-electron chi connectivity index (χ2n) is 20.8. The summed E-state index contributed by atoms with van der Waals surface area (Å²) in [7, 11) is -2.58. The summed E-state index contributed by atoms with van der Waals surface area (Å²) in [5, 5.41) is 17.1. The summed E-state index contributed by atoms with van der Waals surface area (Å²) in [5.41, 5.74) is 9.68. The van der Waals surface area contributed by atoms with Crippen molar-refractivity contribution < 1.29 is 9.52 Å². The maximum absolute atomic E-state index is 12.4. The Morgan fingerprint density at radius 2 is 1.30 bits per heavy atom. The fourth-order valence-electron chi connectivity index (χ4n) is 8.99. The first-order valence-electron chi connectivity index (χ1n) is 21.4. The van der Waals surface area contributed by atoms with Gasteiger partial charge in [0.1, 0.15) is 0 Å². The van der Waals surface area contributed by atoms with Gasteiger partial charge in [0.15, 0.2) is 0 Å². The van der Waals surface area contributed by atoms with E-state index in [0.29, 0.717) is 17.0 Å². The van der Waals surface area contributed by atoms with Crippen LogP contribution in [0.15, 0.2) is 120 Å². The third kappa shape index (κ3) is 6.85. The van der Waals surface area contributed by atoms with Gasteiger partial charge < -0.3 is 0 Å². The van der Waals surface area contributed by atoms with E-state index in [0.717, 1.165) is 55.6 Å². The van der Waals surface area contributed by atoms with Crippen LogP contribution in [0, 0.1) is 0 Å². The van der Waals surface area contributed by atoms with E-state index in [1.807, 2.05) is 12.3 Å². The van der Waals surface area contributed by atoms with Crippen molar-refractivity contribution in [1.82, 2.24) is 19.9 Å². The van der Waals surface area contributed by atoms with Gasteiger partial charge in [0.25, 0.3) is 0 Å². The molecular weight excluding hydrogens is 825 g/mol. The zero-order chi connectivity index (χ0) is 43.4. The summed E-state index contributed by atoms with van der Waals surface area (Å²) < 4.78 is 7.83. The molecule has 61 heavy (non-hydrogen) atoms. The number of hydrogen-bond acceptors (Lipinski definition) is 6. The molecule has 0 unspecified atom stereocenters. The predicted octanol–water partition coefficient (Wildman–Crippen LogP) is 10.8. The summed E-state index contributed by atoms with van der Waals surface area (Å²) in [6.45, 7) is 19.9. The van der Waals surface area contributed by atoms with E-state index in [1.54, 1.807) is 0 Å². The number of rotatable bonds is 6. The van der Waals surface area contributed by atoms with Gasteiger partial charge in [0, 0.05) is 0 Å². The van der Waals surface area contributed by atoms with Crippen LogP contribution in [0.1, 0.15) is 78.0 Å². The summed E-state index contributed by atoms with van der Waals surface area (Å²) >= 11 is -2.37.